The summed E-state index contributed by atoms with van der Waals surface area (Å²) in [6, 6.07) is 16.3. The predicted molar refractivity (Wildman–Crippen MR) is 101 cm³/mol. The van der Waals surface area contributed by atoms with Gasteiger partial charge in [0.1, 0.15) is 11.9 Å². The summed E-state index contributed by atoms with van der Waals surface area (Å²) in [6.45, 7) is 3.69. The van der Waals surface area contributed by atoms with Gasteiger partial charge in [0.15, 0.2) is 0 Å². The number of phenolic OH excluding ortho intramolecular Hbond substituents is 1. The SMILES string of the molecule is CC(O)COC(c1ccc(O)cc1)C(C)NC(=O)CCc1ccccc1. The first-order valence-electron chi connectivity index (χ1n) is 8.87. The van der Waals surface area contributed by atoms with Crippen LogP contribution in [0.4, 0.5) is 0 Å². The lowest BCUT2D eigenvalue weighted by atomic mass is 10.0. The molecule has 0 aliphatic carbocycles. The van der Waals surface area contributed by atoms with Gasteiger partial charge in [-0.15, -0.1) is 0 Å². The molecule has 0 spiro atoms. The lowest BCUT2D eigenvalue weighted by Gasteiger charge is -2.26. The fraction of sp³-hybridized carbons (Fsp3) is 0.381. The molecule has 0 fully saturated rings. The number of phenols is 1. The van der Waals surface area contributed by atoms with Gasteiger partial charge in [-0.05, 0) is 43.5 Å². The Labute approximate surface area is 154 Å². The van der Waals surface area contributed by atoms with E-state index in [2.05, 4.69) is 5.32 Å². The number of nitrogens with one attached hydrogen (secondary N) is 1. The van der Waals surface area contributed by atoms with Crippen LogP contribution in [0.15, 0.2) is 54.6 Å². The Hall–Kier alpha value is -2.37. The average Bonchev–Trinajstić information content (AvgIpc) is 2.62. The molecule has 3 N–H and O–H groups in total. The average molecular weight is 357 g/mol. The summed E-state index contributed by atoms with van der Waals surface area (Å²) in [5.74, 6) is 0.119. The van der Waals surface area contributed by atoms with Crippen LogP contribution in [-0.2, 0) is 16.0 Å². The molecule has 0 saturated carbocycles. The molecule has 0 aliphatic heterocycles. The van der Waals surface area contributed by atoms with Crippen molar-refractivity contribution in [2.75, 3.05) is 6.61 Å². The summed E-state index contributed by atoms with van der Waals surface area (Å²) >= 11 is 0. The summed E-state index contributed by atoms with van der Waals surface area (Å²) in [7, 11) is 0. The first-order valence-corrected chi connectivity index (χ1v) is 8.87. The van der Waals surface area contributed by atoms with Crippen molar-refractivity contribution in [1.82, 2.24) is 5.32 Å². The molecule has 26 heavy (non-hydrogen) atoms. The number of hydrogen-bond donors (Lipinski definition) is 3. The summed E-state index contributed by atoms with van der Waals surface area (Å²) in [6.07, 6.45) is 0.0617. The normalized spacial score (nSPS) is 14.4. The van der Waals surface area contributed by atoms with Crippen LogP contribution in [0.2, 0.25) is 0 Å². The second kappa shape index (κ2) is 9.94. The molecule has 0 saturated heterocycles. The number of aliphatic hydroxyl groups is 1. The van der Waals surface area contributed by atoms with E-state index in [4.69, 9.17) is 4.74 Å². The number of aromatic hydroxyl groups is 1. The number of amides is 1. The van der Waals surface area contributed by atoms with Gasteiger partial charge < -0.3 is 20.3 Å². The molecular formula is C21H27NO4. The molecule has 1 amide bonds. The molecule has 5 nitrogen and oxygen atoms in total. The van der Waals surface area contributed by atoms with E-state index < -0.39 is 12.2 Å². The van der Waals surface area contributed by atoms with Crippen LogP contribution in [0.25, 0.3) is 0 Å². The lowest BCUT2D eigenvalue weighted by Crippen LogP contribution is -2.38. The lowest BCUT2D eigenvalue weighted by molar-refractivity contribution is -0.123. The van der Waals surface area contributed by atoms with Gasteiger partial charge >= 0.3 is 0 Å². The van der Waals surface area contributed by atoms with Gasteiger partial charge in [0, 0.05) is 6.42 Å². The Morgan fingerprint density at radius 3 is 2.35 bits per heavy atom. The third-order valence-electron chi connectivity index (χ3n) is 4.06. The monoisotopic (exact) mass is 357 g/mol. The second-order valence-electron chi connectivity index (χ2n) is 6.54. The van der Waals surface area contributed by atoms with E-state index in [9.17, 15) is 15.0 Å². The maximum Gasteiger partial charge on any atom is 0.220 e. The van der Waals surface area contributed by atoms with Crippen LogP contribution in [0.3, 0.4) is 0 Å². The second-order valence-corrected chi connectivity index (χ2v) is 6.54. The number of ether oxygens (including phenoxy) is 1. The predicted octanol–water partition coefficient (Wildman–Crippen LogP) is 2.97. The van der Waals surface area contributed by atoms with Gasteiger partial charge in [-0.3, -0.25) is 4.79 Å². The van der Waals surface area contributed by atoms with E-state index in [-0.39, 0.29) is 24.3 Å². The maximum absolute atomic E-state index is 12.3. The highest BCUT2D eigenvalue weighted by atomic mass is 16.5. The van der Waals surface area contributed by atoms with E-state index in [1.54, 1.807) is 31.2 Å². The minimum atomic E-state index is -0.601. The number of rotatable bonds is 9. The maximum atomic E-state index is 12.3. The summed E-state index contributed by atoms with van der Waals surface area (Å²) in [4.78, 5) is 12.3. The minimum absolute atomic E-state index is 0.0502. The zero-order chi connectivity index (χ0) is 18.9. The molecular weight excluding hydrogens is 330 g/mol. The number of carbonyl (C=O) groups excluding carboxylic acids is 1. The highest BCUT2D eigenvalue weighted by Gasteiger charge is 2.22. The molecule has 0 heterocycles. The van der Waals surface area contributed by atoms with Crippen molar-refractivity contribution in [2.24, 2.45) is 0 Å². The van der Waals surface area contributed by atoms with E-state index >= 15 is 0 Å². The van der Waals surface area contributed by atoms with E-state index in [0.717, 1.165) is 11.1 Å². The van der Waals surface area contributed by atoms with Crippen LogP contribution in [0.5, 0.6) is 5.75 Å². The van der Waals surface area contributed by atoms with Crippen molar-refractivity contribution < 1.29 is 19.7 Å². The Bertz CT molecular complexity index is 670. The van der Waals surface area contributed by atoms with Crippen LogP contribution in [0.1, 0.15) is 37.5 Å². The van der Waals surface area contributed by atoms with Gasteiger partial charge in [-0.1, -0.05) is 42.5 Å². The Balaban J connectivity index is 1.97. The summed E-state index contributed by atoms with van der Waals surface area (Å²) < 4.78 is 5.81. The number of aliphatic hydroxyl groups excluding tert-OH is 1. The molecule has 5 heteroatoms. The van der Waals surface area contributed by atoms with Crippen LogP contribution in [-0.4, -0.2) is 34.9 Å². The van der Waals surface area contributed by atoms with Gasteiger partial charge in [-0.2, -0.15) is 0 Å². The number of aryl methyl sites for hydroxylation is 1. The largest absolute Gasteiger partial charge is 0.508 e. The quantitative estimate of drug-likeness (QED) is 0.645. The van der Waals surface area contributed by atoms with Gasteiger partial charge in [0.05, 0.1) is 18.8 Å². The molecule has 0 aromatic heterocycles. The zero-order valence-corrected chi connectivity index (χ0v) is 15.3. The third-order valence-corrected chi connectivity index (χ3v) is 4.06. The van der Waals surface area contributed by atoms with Crippen molar-refractivity contribution in [1.29, 1.82) is 0 Å². The van der Waals surface area contributed by atoms with Gasteiger partial charge in [0.25, 0.3) is 0 Å². The minimum Gasteiger partial charge on any atom is -0.508 e. The van der Waals surface area contributed by atoms with E-state index in [0.29, 0.717) is 12.8 Å². The van der Waals surface area contributed by atoms with Crippen LogP contribution < -0.4 is 5.32 Å². The standard InChI is InChI=1S/C21H27NO4/c1-15(23)14-26-21(18-9-11-19(24)12-10-18)16(2)22-20(25)13-8-17-6-4-3-5-7-17/h3-7,9-12,15-16,21,23-24H,8,13-14H2,1-2H3,(H,22,25). The molecule has 140 valence electrons. The van der Waals surface area contributed by atoms with E-state index in [1.807, 2.05) is 37.3 Å². The van der Waals surface area contributed by atoms with E-state index in [1.165, 1.54) is 0 Å². The van der Waals surface area contributed by atoms with Crippen molar-refractivity contribution in [3.05, 3.63) is 65.7 Å². The molecule has 0 bridgehead atoms. The molecule has 2 aromatic rings. The summed E-state index contributed by atoms with van der Waals surface area (Å²) in [5.41, 5.74) is 1.95. The van der Waals surface area contributed by atoms with Crippen molar-refractivity contribution >= 4 is 5.91 Å². The number of benzene rings is 2. The highest BCUT2D eigenvalue weighted by Crippen LogP contribution is 2.24. The summed E-state index contributed by atoms with van der Waals surface area (Å²) in [5, 5.41) is 22.0. The Kier molecular flexibility index (Phi) is 7.63. The molecule has 0 aliphatic rings. The molecule has 2 rings (SSSR count). The number of hydrogen-bond acceptors (Lipinski definition) is 4. The number of carbonyl (C=O) groups is 1. The molecule has 0 radical (unpaired) electrons. The van der Waals surface area contributed by atoms with Gasteiger partial charge in [0.2, 0.25) is 5.91 Å². The van der Waals surface area contributed by atoms with Crippen molar-refractivity contribution in [3.63, 3.8) is 0 Å². The Morgan fingerprint density at radius 1 is 1.08 bits per heavy atom. The first-order chi connectivity index (χ1) is 12.5. The Morgan fingerprint density at radius 2 is 1.73 bits per heavy atom. The zero-order valence-electron chi connectivity index (χ0n) is 15.3. The molecule has 2 aromatic carbocycles. The molecule has 3 unspecified atom stereocenters. The fourth-order valence-corrected chi connectivity index (χ4v) is 2.74. The van der Waals surface area contributed by atoms with Gasteiger partial charge in [-0.25, -0.2) is 0 Å². The topological polar surface area (TPSA) is 78.8 Å². The smallest absolute Gasteiger partial charge is 0.220 e. The highest BCUT2D eigenvalue weighted by molar-refractivity contribution is 5.76. The van der Waals surface area contributed by atoms with Crippen molar-refractivity contribution in [2.45, 2.75) is 44.9 Å². The van der Waals surface area contributed by atoms with Crippen molar-refractivity contribution in [3.8, 4) is 5.75 Å². The fourth-order valence-electron chi connectivity index (χ4n) is 2.74. The third kappa shape index (κ3) is 6.50. The molecule has 3 atom stereocenters. The van der Waals surface area contributed by atoms with Crippen LogP contribution >= 0.6 is 0 Å². The first kappa shape index (κ1) is 19.9. The van der Waals surface area contributed by atoms with Crippen LogP contribution in [0, 0.1) is 0 Å².